The van der Waals surface area contributed by atoms with Gasteiger partial charge in [-0.3, -0.25) is 9.48 Å². The molecule has 4 rings (SSSR count). The Labute approximate surface area is 159 Å². The number of hydrogen-bond acceptors (Lipinski definition) is 5. The van der Waals surface area contributed by atoms with Gasteiger partial charge in [-0.1, -0.05) is 0 Å². The summed E-state index contributed by atoms with van der Waals surface area (Å²) in [5.74, 6) is 2.52. The van der Waals surface area contributed by atoms with Crippen molar-refractivity contribution in [3.05, 3.63) is 30.1 Å². The van der Waals surface area contributed by atoms with Gasteiger partial charge in [0, 0.05) is 37.4 Å². The molecule has 1 saturated carbocycles. The molecule has 1 amide bonds. The van der Waals surface area contributed by atoms with E-state index in [1.807, 2.05) is 35.7 Å². The molecule has 8 heteroatoms. The van der Waals surface area contributed by atoms with Crippen LogP contribution in [-0.2, 0) is 16.1 Å². The maximum absolute atomic E-state index is 12.3. The van der Waals surface area contributed by atoms with Crippen LogP contribution in [0, 0.1) is 0 Å². The van der Waals surface area contributed by atoms with Crippen LogP contribution in [0.4, 0.5) is 0 Å². The average molecular weight is 372 g/mol. The van der Waals surface area contributed by atoms with Gasteiger partial charge in [-0.05, 0) is 45.6 Å². The van der Waals surface area contributed by atoms with Crippen molar-refractivity contribution in [2.24, 2.45) is 0 Å². The lowest BCUT2D eigenvalue weighted by Gasteiger charge is -2.32. The van der Waals surface area contributed by atoms with E-state index >= 15 is 0 Å². The third-order valence-electron chi connectivity index (χ3n) is 5.32. The van der Waals surface area contributed by atoms with Gasteiger partial charge in [-0.15, -0.1) is 10.2 Å². The molecular formula is C19H28N6O2. The molecule has 8 nitrogen and oxygen atoms in total. The molecule has 27 heavy (non-hydrogen) atoms. The van der Waals surface area contributed by atoms with E-state index in [2.05, 4.69) is 19.9 Å². The van der Waals surface area contributed by atoms with E-state index in [9.17, 15) is 4.79 Å². The predicted octanol–water partition coefficient (Wildman–Crippen LogP) is 1.99. The van der Waals surface area contributed by atoms with Crippen molar-refractivity contribution < 1.29 is 9.53 Å². The fraction of sp³-hybridized carbons (Fsp3) is 0.684. The highest BCUT2D eigenvalue weighted by molar-refractivity contribution is 5.77. The number of carbonyl (C=O) groups is 1. The summed E-state index contributed by atoms with van der Waals surface area (Å²) in [6.45, 7) is 6.25. The van der Waals surface area contributed by atoms with Crippen LogP contribution in [0.5, 0.6) is 0 Å². The Bertz CT molecular complexity index is 757. The normalized spacial score (nSPS) is 18.4. The van der Waals surface area contributed by atoms with Crippen LogP contribution in [0.25, 0.3) is 0 Å². The number of amides is 1. The zero-order chi connectivity index (χ0) is 18.8. The number of ether oxygens (including phenoxy) is 1. The minimum absolute atomic E-state index is 0.0804. The van der Waals surface area contributed by atoms with Crippen molar-refractivity contribution in [3.8, 4) is 0 Å². The van der Waals surface area contributed by atoms with Crippen LogP contribution >= 0.6 is 0 Å². The Kier molecular flexibility index (Phi) is 5.24. The van der Waals surface area contributed by atoms with Crippen molar-refractivity contribution in [3.63, 3.8) is 0 Å². The third-order valence-corrected chi connectivity index (χ3v) is 5.32. The first-order valence-electron chi connectivity index (χ1n) is 9.92. The lowest BCUT2D eigenvalue weighted by Crippen LogP contribution is -2.40. The van der Waals surface area contributed by atoms with Crippen LogP contribution in [0.15, 0.2) is 18.5 Å². The Morgan fingerprint density at radius 1 is 1.22 bits per heavy atom. The highest BCUT2D eigenvalue weighted by atomic mass is 16.5. The summed E-state index contributed by atoms with van der Waals surface area (Å²) in [7, 11) is 0. The van der Waals surface area contributed by atoms with Gasteiger partial charge in [0.15, 0.2) is 5.82 Å². The van der Waals surface area contributed by atoms with Crippen molar-refractivity contribution >= 4 is 5.91 Å². The summed E-state index contributed by atoms with van der Waals surface area (Å²) in [6.07, 6.45) is 8.07. The molecule has 2 aromatic heterocycles. The molecule has 2 fully saturated rings. The molecule has 0 unspecified atom stereocenters. The Balaban J connectivity index is 1.41. The number of nitrogens with zero attached hydrogens (tertiary/aromatic N) is 6. The van der Waals surface area contributed by atoms with Crippen LogP contribution in [0.2, 0.25) is 0 Å². The van der Waals surface area contributed by atoms with Gasteiger partial charge in [0.1, 0.15) is 19.0 Å². The second-order valence-corrected chi connectivity index (χ2v) is 7.79. The molecule has 0 radical (unpaired) electrons. The van der Waals surface area contributed by atoms with Gasteiger partial charge in [0.05, 0.1) is 6.10 Å². The van der Waals surface area contributed by atoms with E-state index < -0.39 is 0 Å². The third kappa shape index (κ3) is 4.21. The number of piperidine rings is 1. The average Bonchev–Trinajstić information content (AvgIpc) is 3.21. The smallest absolute Gasteiger partial charge is 0.248 e. The zero-order valence-corrected chi connectivity index (χ0v) is 16.1. The molecule has 3 heterocycles. The number of carbonyl (C=O) groups excluding carboxylic acids is 1. The number of likely N-dealkylation sites (tertiary alicyclic amines) is 1. The monoisotopic (exact) mass is 372 g/mol. The van der Waals surface area contributed by atoms with Crippen LogP contribution in [0.1, 0.15) is 63.1 Å². The van der Waals surface area contributed by atoms with E-state index in [-0.39, 0.29) is 18.6 Å². The topological polar surface area (TPSA) is 78.1 Å². The number of rotatable bonds is 7. The molecule has 1 aliphatic heterocycles. The molecule has 0 aromatic carbocycles. The molecule has 1 saturated heterocycles. The first kappa shape index (κ1) is 18.2. The summed E-state index contributed by atoms with van der Waals surface area (Å²) in [6, 6.07) is 2.45. The Morgan fingerprint density at radius 2 is 2.00 bits per heavy atom. The van der Waals surface area contributed by atoms with Gasteiger partial charge in [-0.2, -0.15) is 5.10 Å². The van der Waals surface area contributed by atoms with Crippen molar-refractivity contribution in [2.45, 2.75) is 64.1 Å². The maximum Gasteiger partial charge on any atom is 0.248 e. The fourth-order valence-corrected chi connectivity index (χ4v) is 3.71. The standard InChI is InChI=1S/C19H28N6O2/c1-14(2)27-13-18(26)23-10-6-15(7-11-23)19-22-21-17(25(19)16-4-5-16)12-24-9-3-8-20-24/h3,8-9,14-16H,4-7,10-13H2,1-2H3. The molecule has 1 aliphatic carbocycles. The van der Waals surface area contributed by atoms with E-state index in [0.717, 1.165) is 37.6 Å². The van der Waals surface area contributed by atoms with E-state index in [0.29, 0.717) is 18.5 Å². The first-order valence-corrected chi connectivity index (χ1v) is 9.92. The van der Waals surface area contributed by atoms with Crippen LogP contribution < -0.4 is 0 Å². The first-order chi connectivity index (χ1) is 13.1. The Hall–Kier alpha value is -2.22. The summed E-state index contributed by atoms with van der Waals surface area (Å²) < 4.78 is 9.69. The summed E-state index contributed by atoms with van der Waals surface area (Å²) >= 11 is 0. The second kappa shape index (κ2) is 7.80. The molecule has 146 valence electrons. The van der Waals surface area contributed by atoms with Gasteiger partial charge < -0.3 is 14.2 Å². The minimum Gasteiger partial charge on any atom is -0.369 e. The maximum atomic E-state index is 12.3. The zero-order valence-electron chi connectivity index (χ0n) is 16.1. The van der Waals surface area contributed by atoms with Gasteiger partial charge in [-0.25, -0.2) is 0 Å². The number of aromatic nitrogens is 5. The SMILES string of the molecule is CC(C)OCC(=O)N1CCC(c2nnc(Cn3cccn3)n2C2CC2)CC1. The van der Waals surface area contributed by atoms with Crippen molar-refractivity contribution in [1.82, 2.24) is 29.4 Å². The largest absolute Gasteiger partial charge is 0.369 e. The van der Waals surface area contributed by atoms with Crippen molar-refractivity contribution in [1.29, 1.82) is 0 Å². The Morgan fingerprint density at radius 3 is 2.63 bits per heavy atom. The van der Waals surface area contributed by atoms with Crippen LogP contribution in [0.3, 0.4) is 0 Å². The molecule has 0 atom stereocenters. The molecule has 0 N–H and O–H groups in total. The van der Waals surface area contributed by atoms with Crippen LogP contribution in [-0.4, -0.2) is 61.2 Å². The highest BCUT2D eigenvalue weighted by Crippen LogP contribution is 2.39. The molecular weight excluding hydrogens is 344 g/mol. The lowest BCUT2D eigenvalue weighted by atomic mass is 9.95. The molecule has 0 spiro atoms. The predicted molar refractivity (Wildman–Crippen MR) is 99.3 cm³/mol. The second-order valence-electron chi connectivity index (χ2n) is 7.79. The highest BCUT2D eigenvalue weighted by Gasteiger charge is 2.34. The molecule has 0 bridgehead atoms. The quantitative estimate of drug-likeness (QED) is 0.743. The van der Waals surface area contributed by atoms with Gasteiger partial charge in [0.2, 0.25) is 5.91 Å². The fourth-order valence-electron chi connectivity index (χ4n) is 3.71. The number of hydrogen-bond donors (Lipinski definition) is 0. The summed E-state index contributed by atoms with van der Waals surface area (Å²) in [5.41, 5.74) is 0. The minimum atomic E-state index is 0.0804. The summed E-state index contributed by atoms with van der Waals surface area (Å²) in [4.78, 5) is 14.2. The molecule has 2 aromatic rings. The van der Waals surface area contributed by atoms with E-state index in [1.54, 1.807) is 6.20 Å². The van der Waals surface area contributed by atoms with E-state index in [4.69, 9.17) is 4.74 Å². The summed E-state index contributed by atoms with van der Waals surface area (Å²) in [5, 5.41) is 13.3. The van der Waals surface area contributed by atoms with E-state index in [1.165, 1.54) is 12.8 Å². The lowest BCUT2D eigenvalue weighted by molar-refractivity contribution is -0.138. The molecule has 2 aliphatic rings. The van der Waals surface area contributed by atoms with Gasteiger partial charge >= 0.3 is 0 Å². The van der Waals surface area contributed by atoms with Crippen molar-refractivity contribution in [2.75, 3.05) is 19.7 Å². The van der Waals surface area contributed by atoms with Gasteiger partial charge in [0.25, 0.3) is 0 Å².